The van der Waals surface area contributed by atoms with Gasteiger partial charge in [-0.05, 0) is 43.9 Å². The molecule has 1 aromatic rings. The van der Waals surface area contributed by atoms with Crippen molar-refractivity contribution in [1.29, 1.82) is 0 Å². The number of rotatable bonds is 8. The van der Waals surface area contributed by atoms with Gasteiger partial charge in [0.15, 0.2) is 0 Å². The van der Waals surface area contributed by atoms with Crippen molar-refractivity contribution in [3.63, 3.8) is 0 Å². The van der Waals surface area contributed by atoms with Crippen molar-refractivity contribution in [3.8, 4) is 5.75 Å². The van der Waals surface area contributed by atoms with Gasteiger partial charge in [0.25, 0.3) is 5.91 Å². The van der Waals surface area contributed by atoms with Gasteiger partial charge in [-0.3, -0.25) is 4.79 Å². The van der Waals surface area contributed by atoms with Crippen LogP contribution in [0.3, 0.4) is 0 Å². The summed E-state index contributed by atoms with van der Waals surface area (Å²) in [7, 11) is -2.37. The van der Waals surface area contributed by atoms with Crippen LogP contribution in [0, 0.1) is 0 Å². The first kappa shape index (κ1) is 26.3. The predicted octanol–water partition coefficient (Wildman–Crippen LogP) is 2.96. The van der Waals surface area contributed by atoms with Crippen molar-refractivity contribution in [2.45, 2.75) is 75.8 Å². The molecule has 9 nitrogen and oxygen atoms in total. The van der Waals surface area contributed by atoms with Gasteiger partial charge in [-0.2, -0.15) is 4.31 Å². The lowest BCUT2D eigenvalue weighted by Gasteiger charge is -2.33. The number of nitrogens with zero attached hydrogens (tertiary/aromatic N) is 2. The lowest BCUT2D eigenvalue weighted by atomic mass is 9.96. The molecule has 0 bridgehead atoms. The second kappa shape index (κ2) is 11.9. The Bertz CT molecular complexity index is 950. The Hall–Kier alpha value is -2.33. The lowest BCUT2D eigenvalue weighted by Crippen LogP contribution is -2.51. The molecule has 2 N–H and O–H groups in total. The number of ether oxygens (including phenoxy) is 1. The van der Waals surface area contributed by atoms with Crippen molar-refractivity contribution in [3.05, 3.63) is 23.8 Å². The summed E-state index contributed by atoms with van der Waals surface area (Å²) in [6.45, 7) is 5.20. The third-order valence-electron chi connectivity index (χ3n) is 6.79. The molecule has 0 spiro atoms. The summed E-state index contributed by atoms with van der Waals surface area (Å²) < 4.78 is 32.8. The molecule has 0 aromatic heterocycles. The van der Waals surface area contributed by atoms with Crippen LogP contribution in [0.15, 0.2) is 23.1 Å². The first-order valence-electron chi connectivity index (χ1n) is 12.3. The van der Waals surface area contributed by atoms with Crippen molar-refractivity contribution in [1.82, 2.24) is 19.8 Å². The van der Waals surface area contributed by atoms with Gasteiger partial charge in [-0.15, -0.1) is 0 Å². The van der Waals surface area contributed by atoms with Gasteiger partial charge >= 0.3 is 6.03 Å². The zero-order valence-corrected chi connectivity index (χ0v) is 21.3. The molecule has 1 aromatic carbocycles. The molecule has 1 saturated heterocycles. The van der Waals surface area contributed by atoms with Crippen LogP contribution in [-0.4, -0.2) is 74.9 Å². The molecule has 2 fully saturated rings. The lowest BCUT2D eigenvalue weighted by molar-refractivity contribution is 0.0708. The number of carbonyl (C=O) groups excluding carboxylic acids is 2. The number of piperidine rings is 1. The molecular formula is C24H38N4O5S. The Kier molecular flexibility index (Phi) is 9.18. The summed E-state index contributed by atoms with van der Waals surface area (Å²) in [5, 5.41) is 6.12. The molecule has 10 heteroatoms. The Labute approximate surface area is 203 Å². The Morgan fingerprint density at radius 1 is 1.00 bits per heavy atom. The van der Waals surface area contributed by atoms with Crippen LogP contribution in [0.1, 0.15) is 69.2 Å². The largest absolute Gasteiger partial charge is 0.495 e. The first-order valence-corrected chi connectivity index (χ1v) is 13.8. The highest BCUT2D eigenvalue weighted by Gasteiger charge is 2.29. The Balaban J connectivity index is 1.62. The average molecular weight is 495 g/mol. The topological polar surface area (TPSA) is 108 Å². The molecule has 1 heterocycles. The quantitative estimate of drug-likeness (QED) is 0.578. The number of urea groups is 1. The molecule has 0 atom stereocenters. The van der Waals surface area contributed by atoms with Crippen LogP contribution in [0.5, 0.6) is 5.75 Å². The number of carbonyl (C=O) groups is 2. The van der Waals surface area contributed by atoms with Gasteiger partial charge in [-0.1, -0.05) is 33.1 Å². The van der Waals surface area contributed by atoms with Crippen LogP contribution >= 0.6 is 0 Å². The van der Waals surface area contributed by atoms with E-state index in [0.717, 1.165) is 25.7 Å². The third-order valence-corrected chi connectivity index (χ3v) is 8.86. The molecule has 2 aliphatic rings. The van der Waals surface area contributed by atoms with Crippen molar-refractivity contribution >= 4 is 22.0 Å². The van der Waals surface area contributed by atoms with E-state index >= 15 is 0 Å². The fraction of sp³-hybridized carbons (Fsp3) is 0.667. The molecule has 0 unspecified atom stereocenters. The summed E-state index contributed by atoms with van der Waals surface area (Å²) in [5.41, 5.74) is 0.313. The highest BCUT2D eigenvalue weighted by molar-refractivity contribution is 7.89. The minimum absolute atomic E-state index is 0.000450. The third kappa shape index (κ3) is 6.21. The average Bonchev–Trinajstić information content (AvgIpc) is 2.84. The molecular weight excluding hydrogens is 456 g/mol. The minimum atomic E-state index is -3.78. The number of hydrogen-bond donors (Lipinski definition) is 2. The number of hydrogen-bond acceptors (Lipinski definition) is 5. The number of sulfonamides is 1. The van der Waals surface area contributed by atoms with E-state index in [1.807, 2.05) is 0 Å². The van der Waals surface area contributed by atoms with Gasteiger partial charge in [0.1, 0.15) is 10.6 Å². The van der Waals surface area contributed by atoms with Crippen molar-refractivity contribution in [2.24, 2.45) is 0 Å². The van der Waals surface area contributed by atoms with Crippen LogP contribution in [-0.2, 0) is 10.0 Å². The monoisotopic (exact) mass is 494 g/mol. The van der Waals surface area contributed by atoms with Crippen LogP contribution < -0.4 is 15.4 Å². The standard InChI is InChI=1S/C24H38N4O5S/c1-4-28(5-2)34(31,32)22-17-18(11-12-21(22)33-3)23(29)27-15-13-20(14-16-27)26-24(30)25-19-9-7-6-8-10-19/h11-12,17,19-20H,4-10,13-16H2,1-3H3,(H2,25,26,30). The summed E-state index contributed by atoms with van der Waals surface area (Å²) in [4.78, 5) is 27.2. The molecule has 34 heavy (non-hydrogen) atoms. The van der Waals surface area contributed by atoms with E-state index in [-0.39, 0.29) is 34.7 Å². The van der Waals surface area contributed by atoms with Gasteiger partial charge in [0, 0.05) is 43.8 Å². The maximum atomic E-state index is 13.2. The minimum Gasteiger partial charge on any atom is -0.495 e. The SMILES string of the molecule is CCN(CC)S(=O)(=O)c1cc(C(=O)N2CCC(NC(=O)NC3CCCCC3)CC2)ccc1OC. The zero-order valence-electron chi connectivity index (χ0n) is 20.5. The van der Waals surface area contributed by atoms with E-state index < -0.39 is 10.0 Å². The van der Waals surface area contributed by atoms with Gasteiger partial charge in [0.05, 0.1) is 7.11 Å². The molecule has 1 aliphatic carbocycles. The Morgan fingerprint density at radius 3 is 2.15 bits per heavy atom. The Morgan fingerprint density at radius 2 is 1.59 bits per heavy atom. The second-order valence-corrected chi connectivity index (χ2v) is 10.9. The van der Waals surface area contributed by atoms with Crippen LogP contribution in [0.25, 0.3) is 0 Å². The number of amides is 3. The number of likely N-dealkylation sites (tertiary alicyclic amines) is 1. The fourth-order valence-corrected chi connectivity index (χ4v) is 6.42. The maximum Gasteiger partial charge on any atom is 0.315 e. The van der Waals surface area contributed by atoms with E-state index in [1.54, 1.807) is 24.8 Å². The van der Waals surface area contributed by atoms with E-state index in [2.05, 4.69) is 10.6 Å². The smallest absolute Gasteiger partial charge is 0.315 e. The summed E-state index contributed by atoms with van der Waals surface area (Å²) >= 11 is 0. The molecule has 3 rings (SSSR count). The van der Waals surface area contributed by atoms with Crippen molar-refractivity contribution < 1.29 is 22.7 Å². The van der Waals surface area contributed by atoms with Crippen LogP contribution in [0.2, 0.25) is 0 Å². The van der Waals surface area contributed by atoms with E-state index in [9.17, 15) is 18.0 Å². The number of nitrogens with one attached hydrogen (secondary N) is 2. The van der Waals surface area contributed by atoms with E-state index in [4.69, 9.17) is 4.74 Å². The second-order valence-electron chi connectivity index (χ2n) is 8.97. The maximum absolute atomic E-state index is 13.2. The summed E-state index contributed by atoms with van der Waals surface area (Å²) in [5.74, 6) is -0.000839. The molecule has 0 radical (unpaired) electrons. The highest BCUT2D eigenvalue weighted by atomic mass is 32.2. The zero-order chi connectivity index (χ0) is 24.7. The molecule has 1 saturated carbocycles. The highest BCUT2D eigenvalue weighted by Crippen LogP contribution is 2.29. The number of methoxy groups -OCH3 is 1. The van der Waals surface area contributed by atoms with E-state index in [1.165, 1.54) is 30.0 Å². The molecule has 3 amide bonds. The fourth-order valence-electron chi connectivity index (χ4n) is 4.78. The summed E-state index contributed by atoms with van der Waals surface area (Å²) in [6.07, 6.45) is 6.95. The normalized spacial score (nSPS) is 18.1. The van der Waals surface area contributed by atoms with Gasteiger partial charge in [0.2, 0.25) is 10.0 Å². The number of benzene rings is 1. The van der Waals surface area contributed by atoms with Gasteiger partial charge in [-0.25, -0.2) is 13.2 Å². The van der Waals surface area contributed by atoms with E-state index in [0.29, 0.717) is 44.6 Å². The molecule has 1 aliphatic heterocycles. The van der Waals surface area contributed by atoms with Crippen LogP contribution in [0.4, 0.5) is 4.79 Å². The first-order chi connectivity index (χ1) is 16.3. The molecule has 190 valence electrons. The van der Waals surface area contributed by atoms with Crippen molar-refractivity contribution in [2.75, 3.05) is 33.3 Å². The van der Waals surface area contributed by atoms with Gasteiger partial charge < -0.3 is 20.3 Å². The summed E-state index contributed by atoms with van der Waals surface area (Å²) in [6, 6.07) is 4.70. The predicted molar refractivity (Wildman–Crippen MR) is 131 cm³/mol.